The van der Waals surface area contributed by atoms with Gasteiger partial charge in [-0.25, -0.2) is 0 Å². The number of benzene rings is 2. The lowest BCUT2D eigenvalue weighted by atomic mass is 10.1. The van der Waals surface area contributed by atoms with E-state index < -0.39 is 4.92 Å². The molecule has 0 N–H and O–H groups in total. The quantitative estimate of drug-likeness (QED) is 0.515. The fraction of sp³-hybridized carbons (Fsp3) is 0.118. The third kappa shape index (κ3) is 3.10. The van der Waals surface area contributed by atoms with E-state index in [1.54, 1.807) is 31.3 Å². The van der Waals surface area contributed by atoms with Crippen molar-refractivity contribution in [3.8, 4) is 5.75 Å². The lowest BCUT2D eigenvalue weighted by Gasteiger charge is -2.10. The zero-order chi connectivity index (χ0) is 16.4. The van der Waals surface area contributed by atoms with Crippen molar-refractivity contribution < 1.29 is 9.66 Å². The highest BCUT2D eigenvalue weighted by Gasteiger charge is 2.16. The molecular formula is C17H13ClN2O3. The molecule has 0 spiro atoms. The Morgan fingerprint density at radius 3 is 2.87 bits per heavy atom. The van der Waals surface area contributed by atoms with Gasteiger partial charge in [-0.3, -0.25) is 15.1 Å². The average Bonchev–Trinajstić information content (AvgIpc) is 2.55. The zero-order valence-electron chi connectivity index (χ0n) is 12.3. The van der Waals surface area contributed by atoms with Gasteiger partial charge >= 0.3 is 5.69 Å². The molecule has 0 fully saturated rings. The Morgan fingerprint density at radius 1 is 1.26 bits per heavy atom. The van der Waals surface area contributed by atoms with Crippen LogP contribution in [-0.2, 0) is 6.61 Å². The summed E-state index contributed by atoms with van der Waals surface area (Å²) < 4.78 is 5.66. The molecule has 3 aromatic rings. The number of ether oxygens (including phenoxy) is 1. The van der Waals surface area contributed by atoms with Crippen LogP contribution in [-0.4, -0.2) is 9.91 Å². The van der Waals surface area contributed by atoms with Crippen molar-refractivity contribution in [3.63, 3.8) is 0 Å². The van der Waals surface area contributed by atoms with Crippen molar-refractivity contribution in [3.05, 3.63) is 74.9 Å². The summed E-state index contributed by atoms with van der Waals surface area (Å²) in [5.41, 5.74) is 2.31. The maximum absolute atomic E-state index is 11.1. The number of hydrogen-bond donors (Lipinski definition) is 0. The standard InChI is InChI=1S/C17H13ClN2O3/c1-11-4-7-16(15(9-11)20(21)22)23-10-12-5-6-14(18)13-3-2-8-19-17(12)13/h2-9H,10H2,1H3. The lowest BCUT2D eigenvalue weighted by molar-refractivity contribution is -0.386. The van der Waals surface area contributed by atoms with E-state index in [9.17, 15) is 10.1 Å². The van der Waals surface area contributed by atoms with Gasteiger partial charge in [-0.2, -0.15) is 0 Å². The van der Waals surface area contributed by atoms with Crippen LogP contribution in [0.15, 0.2) is 48.7 Å². The molecule has 0 radical (unpaired) electrons. The third-order valence-electron chi connectivity index (χ3n) is 3.49. The monoisotopic (exact) mass is 328 g/mol. The molecule has 1 aromatic heterocycles. The minimum atomic E-state index is -0.444. The van der Waals surface area contributed by atoms with Crippen LogP contribution in [0.25, 0.3) is 10.9 Å². The van der Waals surface area contributed by atoms with Crippen molar-refractivity contribution in [2.75, 3.05) is 0 Å². The van der Waals surface area contributed by atoms with Crippen LogP contribution < -0.4 is 4.74 Å². The van der Waals surface area contributed by atoms with Crippen LogP contribution in [0.5, 0.6) is 5.75 Å². The molecular weight excluding hydrogens is 316 g/mol. The Labute approximate surface area is 137 Å². The van der Waals surface area contributed by atoms with Crippen LogP contribution in [0, 0.1) is 17.0 Å². The molecule has 0 aliphatic heterocycles. The first-order valence-corrected chi connectivity index (χ1v) is 7.34. The summed E-state index contributed by atoms with van der Waals surface area (Å²) in [5.74, 6) is 0.236. The van der Waals surface area contributed by atoms with Crippen LogP contribution in [0.4, 0.5) is 5.69 Å². The van der Waals surface area contributed by atoms with Gasteiger partial charge in [-0.1, -0.05) is 23.7 Å². The summed E-state index contributed by atoms with van der Waals surface area (Å²) in [7, 11) is 0. The molecule has 0 aliphatic carbocycles. The topological polar surface area (TPSA) is 65.3 Å². The molecule has 2 aromatic carbocycles. The minimum absolute atomic E-state index is 0.0452. The Morgan fingerprint density at radius 2 is 2.09 bits per heavy atom. The first-order chi connectivity index (χ1) is 11.1. The fourth-order valence-corrected chi connectivity index (χ4v) is 2.58. The predicted octanol–water partition coefficient (Wildman–Crippen LogP) is 4.68. The number of fused-ring (bicyclic) bond motifs is 1. The van der Waals surface area contributed by atoms with Gasteiger partial charge in [0.15, 0.2) is 5.75 Å². The van der Waals surface area contributed by atoms with Crippen molar-refractivity contribution in [2.45, 2.75) is 13.5 Å². The number of hydrogen-bond acceptors (Lipinski definition) is 4. The Balaban J connectivity index is 1.93. The molecule has 116 valence electrons. The van der Waals surface area contributed by atoms with Crippen molar-refractivity contribution in [1.82, 2.24) is 4.98 Å². The van der Waals surface area contributed by atoms with Gasteiger partial charge in [0.1, 0.15) is 6.61 Å². The van der Waals surface area contributed by atoms with Gasteiger partial charge in [0, 0.05) is 28.2 Å². The number of nitro benzene ring substituents is 1. The molecule has 0 saturated carbocycles. The summed E-state index contributed by atoms with van der Waals surface area (Å²) in [5, 5.41) is 12.6. The number of aromatic nitrogens is 1. The van der Waals surface area contributed by atoms with Crippen LogP contribution >= 0.6 is 11.6 Å². The summed E-state index contributed by atoms with van der Waals surface area (Å²) in [6.07, 6.45) is 1.68. The highest BCUT2D eigenvalue weighted by atomic mass is 35.5. The smallest absolute Gasteiger partial charge is 0.311 e. The Bertz CT molecular complexity index is 896. The summed E-state index contributed by atoms with van der Waals surface area (Å²) in [6, 6.07) is 12.2. The second-order valence-electron chi connectivity index (χ2n) is 5.12. The average molecular weight is 329 g/mol. The van der Waals surface area contributed by atoms with E-state index in [1.807, 2.05) is 18.2 Å². The normalized spacial score (nSPS) is 10.7. The third-order valence-corrected chi connectivity index (χ3v) is 3.82. The van der Waals surface area contributed by atoms with Crippen LogP contribution in [0.3, 0.4) is 0 Å². The number of halogens is 1. The summed E-state index contributed by atoms with van der Waals surface area (Å²) in [6.45, 7) is 1.97. The van der Waals surface area contributed by atoms with Gasteiger partial charge in [0.05, 0.1) is 10.4 Å². The number of aryl methyl sites for hydroxylation is 1. The van der Waals surface area contributed by atoms with Gasteiger partial charge in [0.25, 0.3) is 0 Å². The predicted molar refractivity (Wildman–Crippen MR) is 88.9 cm³/mol. The van der Waals surface area contributed by atoms with E-state index in [-0.39, 0.29) is 18.0 Å². The SMILES string of the molecule is Cc1ccc(OCc2ccc(Cl)c3cccnc23)c([N+](=O)[O-])c1. The number of nitro groups is 1. The zero-order valence-corrected chi connectivity index (χ0v) is 13.1. The van der Waals surface area contributed by atoms with E-state index in [0.717, 1.165) is 22.0 Å². The van der Waals surface area contributed by atoms with E-state index in [1.165, 1.54) is 6.07 Å². The molecule has 0 aliphatic rings. The van der Waals surface area contributed by atoms with Crippen molar-refractivity contribution in [2.24, 2.45) is 0 Å². The molecule has 23 heavy (non-hydrogen) atoms. The fourth-order valence-electron chi connectivity index (χ4n) is 2.36. The first kappa shape index (κ1) is 15.2. The maximum atomic E-state index is 11.1. The largest absolute Gasteiger partial charge is 0.482 e. The molecule has 0 amide bonds. The molecule has 3 rings (SSSR count). The van der Waals surface area contributed by atoms with Crippen molar-refractivity contribution in [1.29, 1.82) is 0 Å². The van der Waals surface area contributed by atoms with E-state index in [4.69, 9.17) is 16.3 Å². The van der Waals surface area contributed by atoms with E-state index >= 15 is 0 Å². The van der Waals surface area contributed by atoms with Gasteiger partial charge in [-0.05, 0) is 36.8 Å². The first-order valence-electron chi connectivity index (χ1n) is 6.96. The highest BCUT2D eigenvalue weighted by Crippen LogP contribution is 2.30. The van der Waals surface area contributed by atoms with Gasteiger partial charge in [-0.15, -0.1) is 0 Å². The van der Waals surface area contributed by atoms with Crippen molar-refractivity contribution >= 4 is 28.2 Å². The summed E-state index contributed by atoms with van der Waals surface area (Å²) >= 11 is 6.16. The second-order valence-corrected chi connectivity index (χ2v) is 5.53. The van der Waals surface area contributed by atoms with Gasteiger partial charge in [0.2, 0.25) is 0 Å². The molecule has 0 saturated heterocycles. The number of pyridine rings is 1. The molecule has 1 heterocycles. The Hall–Kier alpha value is -2.66. The molecule has 0 atom stereocenters. The van der Waals surface area contributed by atoms with Crippen LogP contribution in [0.1, 0.15) is 11.1 Å². The summed E-state index contributed by atoms with van der Waals surface area (Å²) in [4.78, 5) is 15.0. The molecule has 5 nitrogen and oxygen atoms in total. The Kier molecular flexibility index (Phi) is 4.12. The lowest BCUT2D eigenvalue weighted by Crippen LogP contribution is -2.01. The second kappa shape index (κ2) is 6.22. The van der Waals surface area contributed by atoms with E-state index in [0.29, 0.717) is 5.02 Å². The molecule has 0 bridgehead atoms. The number of nitrogens with zero attached hydrogens (tertiary/aromatic N) is 2. The maximum Gasteiger partial charge on any atom is 0.311 e. The minimum Gasteiger partial charge on any atom is -0.482 e. The van der Waals surface area contributed by atoms with Gasteiger partial charge < -0.3 is 4.74 Å². The molecule has 6 heteroatoms. The molecule has 0 unspecified atom stereocenters. The van der Waals surface area contributed by atoms with E-state index in [2.05, 4.69) is 4.98 Å². The highest BCUT2D eigenvalue weighted by molar-refractivity contribution is 6.35. The van der Waals surface area contributed by atoms with Crippen LogP contribution in [0.2, 0.25) is 5.02 Å². The number of rotatable bonds is 4.